The number of pyridine rings is 1. The van der Waals surface area contributed by atoms with E-state index in [1.807, 2.05) is 19.2 Å². The van der Waals surface area contributed by atoms with Crippen LogP contribution in [0.4, 0.5) is 0 Å². The smallest absolute Gasteiger partial charge is 0.160 e. The van der Waals surface area contributed by atoms with Crippen LogP contribution in [0.5, 0.6) is 0 Å². The van der Waals surface area contributed by atoms with E-state index < -0.39 is 0 Å². The molecule has 0 aromatic carbocycles. The normalized spacial score (nSPS) is 15.1. The molecule has 2 unspecified atom stereocenters. The van der Waals surface area contributed by atoms with Gasteiger partial charge in [-0.3, -0.25) is 0 Å². The summed E-state index contributed by atoms with van der Waals surface area (Å²) in [4.78, 5) is 9.12. The second kappa shape index (κ2) is 5.80. The van der Waals surface area contributed by atoms with Gasteiger partial charge in [0, 0.05) is 17.2 Å². The highest BCUT2D eigenvalue weighted by molar-refractivity contribution is 9.10. The largest absolute Gasteiger partial charge is 0.311 e. The predicted molar refractivity (Wildman–Crippen MR) is 83.5 cm³/mol. The highest BCUT2D eigenvalue weighted by Crippen LogP contribution is 2.27. The van der Waals surface area contributed by atoms with Crippen molar-refractivity contribution in [3.05, 3.63) is 22.6 Å². The Balaban J connectivity index is 2.52. The molecule has 104 valence electrons. The van der Waals surface area contributed by atoms with E-state index in [9.17, 15) is 0 Å². The molecule has 0 aliphatic rings. The van der Waals surface area contributed by atoms with Crippen molar-refractivity contribution >= 4 is 38.7 Å². The number of fused-ring (bicyclic) bond motifs is 1. The van der Waals surface area contributed by atoms with Gasteiger partial charge < -0.3 is 4.57 Å². The number of halogens is 2. The Kier molecular flexibility index (Phi) is 4.51. The van der Waals surface area contributed by atoms with Gasteiger partial charge in [-0.2, -0.15) is 0 Å². The minimum absolute atomic E-state index is 0.118. The Hall–Kier alpha value is -0.610. The SMILES string of the molecule is CC(Cl)c1nc2cc(Br)cnc2n1CC(C)C(C)C. The summed E-state index contributed by atoms with van der Waals surface area (Å²) in [6, 6.07) is 1.99. The lowest BCUT2D eigenvalue weighted by Crippen LogP contribution is -2.15. The van der Waals surface area contributed by atoms with E-state index in [-0.39, 0.29) is 5.38 Å². The van der Waals surface area contributed by atoms with Crippen LogP contribution in [0.2, 0.25) is 0 Å². The maximum Gasteiger partial charge on any atom is 0.160 e. The van der Waals surface area contributed by atoms with Gasteiger partial charge in [0.2, 0.25) is 0 Å². The summed E-state index contributed by atoms with van der Waals surface area (Å²) in [5.74, 6) is 2.07. The van der Waals surface area contributed by atoms with Gasteiger partial charge in [-0.15, -0.1) is 11.6 Å². The topological polar surface area (TPSA) is 30.7 Å². The molecule has 19 heavy (non-hydrogen) atoms. The highest BCUT2D eigenvalue weighted by atomic mass is 79.9. The fourth-order valence-corrected chi connectivity index (χ4v) is 2.47. The number of imidazole rings is 1. The maximum atomic E-state index is 6.26. The monoisotopic (exact) mass is 343 g/mol. The Morgan fingerprint density at radius 2 is 2.00 bits per heavy atom. The van der Waals surface area contributed by atoms with E-state index in [0.717, 1.165) is 28.0 Å². The summed E-state index contributed by atoms with van der Waals surface area (Å²) in [5.41, 5.74) is 1.81. The predicted octanol–water partition coefficient (Wildman–Crippen LogP) is 4.79. The van der Waals surface area contributed by atoms with Gasteiger partial charge in [0.05, 0.1) is 5.38 Å². The third-order valence-electron chi connectivity index (χ3n) is 3.55. The quantitative estimate of drug-likeness (QED) is 0.747. The molecule has 2 atom stereocenters. The molecular weight excluding hydrogens is 326 g/mol. The fourth-order valence-electron chi connectivity index (χ4n) is 1.99. The second-order valence-electron chi connectivity index (χ2n) is 5.41. The van der Waals surface area contributed by atoms with Crippen LogP contribution in [-0.2, 0) is 6.54 Å². The number of rotatable bonds is 4. The Labute approximate surface area is 127 Å². The lowest BCUT2D eigenvalue weighted by molar-refractivity contribution is 0.363. The molecule has 0 saturated carbocycles. The van der Waals surface area contributed by atoms with E-state index in [2.05, 4.69) is 51.2 Å². The van der Waals surface area contributed by atoms with Gasteiger partial charge >= 0.3 is 0 Å². The second-order valence-corrected chi connectivity index (χ2v) is 6.98. The summed E-state index contributed by atoms with van der Waals surface area (Å²) in [6.45, 7) is 9.57. The van der Waals surface area contributed by atoms with Gasteiger partial charge in [0.1, 0.15) is 11.3 Å². The molecule has 0 saturated heterocycles. The molecule has 0 aliphatic heterocycles. The third-order valence-corrected chi connectivity index (χ3v) is 4.17. The zero-order valence-corrected chi connectivity index (χ0v) is 14.0. The maximum absolute atomic E-state index is 6.26. The summed E-state index contributed by atoms with van der Waals surface area (Å²) >= 11 is 9.69. The van der Waals surface area contributed by atoms with Gasteiger partial charge in [-0.05, 0) is 40.8 Å². The molecular formula is C14H19BrClN3. The van der Waals surface area contributed by atoms with E-state index in [0.29, 0.717) is 11.8 Å². The molecule has 2 aromatic heterocycles. The van der Waals surface area contributed by atoms with Gasteiger partial charge in [-0.25, -0.2) is 9.97 Å². The minimum Gasteiger partial charge on any atom is -0.311 e. The zero-order chi connectivity index (χ0) is 14.2. The minimum atomic E-state index is -0.118. The van der Waals surface area contributed by atoms with E-state index in [4.69, 9.17) is 11.6 Å². The van der Waals surface area contributed by atoms with Crippen molar-refractivity contribution in [2.24, 2.45) is 11.8 Å². The third kappa shape index (κ3) is 3.11. The Bertz CT molecular complexity index is 577. The molecule has 0 N–H and O–H groups in total. The summed E-state index contributed by atoms with van der Waals surface area (Å²) in [7, 11) is 0. The molecule has 2 aromatic rings. The zero-order valence-electron chi connectivity index (χ0n) is 11.7. The van der Waals surface area contributed by atoms with Crippen LogP contribution < -0.4 is 0 Å². The van der Waals surface area contributed by atoms with Crippen molar-refractivity contribution in [3.8, 4) is 0 Å². The summed E-state index contributed by atoms with van der Waals surface area (Å²) in [6.07, 6.45) is 1.81. The van der Waals surface area contributed by atoms with Crippen molar-refractivity contribution < 1.29 is 0 Å². The lowest BCUT2D eigenvalue weighted by atomic mass is 9.98. The van der Waals surface area contributed by atoms with Gasteiger partial charge in [0.15, 0.2) is 5.65 Å². The number of aromatic nitrogens is 3. The fraction of sp³-hybridized carbons (Fsp3) is 0.571. The lowest BCUT2D eigenvalue weighted by Gasteiger charge is -2.18. The molecule has 3 nitrogen and oxygen atoms in total. The van der Waals surface area contributed by atoms with Crippen LogP contribution in [0.25, 0.3) is 11.2 Å². The summed E-state index contributed by atoms with van der Waals surface area (Å²) in [5, 5.41) is -0.118. The molecule has 0 amide bonds. The first-order chi connectivity index (χ1) is 8.90. The van der Waals surface area contributed by atoms with Crippen molar-refractivity contribution in [3.63, 3.8) is 0 Å². The molecule has 2 heterocycles. The number of hydrogen-bond acceptors (Lipinski definition) is 2. The van der Waals surface area contributed by atoms with E-state index in [1.54, 1.807) is 0 Å². The molecule has 0 bridgehead atoms. The number of nitrogens with zero attached hydrogens (tertiary/aromatic N) is 3. The van der Waals surface area contributed by atoms with Crippen LogP contribution in [0.1, 0.15) is 38.9 Å². The van der Waals surface area contributed by atoms with Crippen LogP contribution in [0.15, 0.2) is 16.7 Å². The summed E-state index contributed by atoms with van der Waals surface area (Å²) < 4.78 is 3.10. The molecule has 5 heteroatoms. The number of hydrogen-bond donors (Lipinski definition) is 0. The average molecular weight is 345 g/mol. The van der Waals surface area contributed by atoms with Crippen LogP contribution in [-0.4, -0.2) is 14.5 Å². The average Bonchev–Trinajstić information content (AvgIpc) is 2.67. The van der Waals surface area contributed by atoms with Crippen molar-refractivity contribution in [1.29, 1.82) is 0 Å². The van der Waals surface area contributed by atoms with Crippen LogP contribution in [0, 0.1) is 11.8 Å². The standard InChI is InChI=1S/C14H19BrClN3/c1-8(2)9(3)7-19-13(10(4)16)18-12-5-11(15)6-17-14(12)19/h5-6,8-10H,7H2,1-4H3. The molecule has 0 aliphatic carbocycles. The van der Waals surface area contributed by atoms with Gasteiger partial charge in [0.25, 0.3) is 0 Å². The number of alkyl halides is 1. The van der Waals surface area contributed by atoms with Crippen LogP contribution >= 0.6 is 27.5 Å². The molecule has 2 rings (SSSR count). The molecule has 0 fully saturated rings. The van der Waals surface area contributed by atoms with E-state index in [1.165, 1.54) is 0 Å². The van der Waals surface area contributed by atoms with Crippen molar-refractivity contribution in [2.75, 3.05) is 0 Å². The van der Waals surface area contributed by atoms with Gasteiger partial charge in [-0.1, -0.05) is 20.8 Å². The Morgan fingerprint density at radius 3 is 2.58 bits per heavy atom. The van der Waals surface area contributed by atoms with Crippen molar-refractivity contribution in [1.82, 2.24) is 14.5 Å². The first-order valence-corrected chi connectivity index (χ1v) is 7.78. The first-order valence-electron chi connectivity index (χ1n) is 6.56. The van der Waals surface area contributed by atoms with Crippen molar-refractivity contribution in [2.45, 2.75) is 39.6 Å². The highest BCUT2D eigenvalue weighted by Gasteiger charge is 2.19. The van der Waals surface area contributed by atoms with E-state index >= 15 is 0 Å². The molecule has 0 spiro atoms. The molecule has 0 radical (unpaired) electrons. The van der Waals surface area contributed by atoms with Crippen LogP contribution in [0.3, 0.4) is 0 Å². The first kappa shape index (κ1) is 14.8. The Morgan fingerprint density at radius 1 is 1.32 bits per heavy atom.